The van der Waals surface area contributed by atoms with Crippen LogP contribution in [-0.2, 0) is 0 Å². The van der Waals surface area contributed by atoms with Gasteiger partial charge in [0, 0.05) is 11.3 Å². The third-order valence-electron chi connectivity index (χ3n) is 3.50. The Hall–Kier alpha value is -2.15. The van der Waals surface area contributed by atoms with Crippen LogP contribution in [0.3, 0.4) is 0 Å². The van der Waals surface area contributed by atoms with Gasteiger partial charge in [-0.3, -0.25) is 0 Å². The molecule has 7 heteroatoms. The highest BCUT2D eigenvalue weighted by Crippen LogP contribution is 2.30. The van der Waals surface area contributed by atoms with E-state index in [1.807, 2.05) is 18.4 Å². The van der Waals surface area contributed by atoms with E-state index in [1.165, 1.54) is 12.1 Å². The van der Waals surface area contributed by atoms with Crippen LogP contribution >= 0.6 is 11.8 Å². The molecule has 2 aromatic rings. The van der Waals surface area contributed by atoms with Gasteiger partial charge in [-0.05, 0) is 54.1 Å². The fourth-order valence-electron chi connectivity index (χ4n) is 2.27. The maximum atomic E-state index is 12.1. The molecule has 2 aromatic carbocycles. The molecule has 0 aromatic heterocycles. The van der Waals surface area contributed by atoms with Gasteiger partial charge < -0.3 is 9.84 Å². The van der Waals surface area contributed by atoms with Gasteiger partial charge in [-0.2, -0.15) is 13.2 Å². The summed E-state index contributed by atoms with van der Waals surface area (Å²) in [6.07, 6.45) is -3.33. The zero-order valence-corrected chi connectivity index (χ0v) is 14.3. The summed E-state index contributed by atoms with van der Waals surface area (Å²) < 4.78 is 41.8. The normalized spacial score (nSPS) is 11.4. The van der Waals surface area contributed by atoms with E-state index in [0.717, 1.165) is 4.90 Å². The molecule has 0 aliphatic heterocycles. The van der Waals surface area contributed by atoms with Gasteiger partial charge in [0.2, 0.25) is 0 Å². The molecule has 0 saturated heterocycles. The monoisotopic (exact) mass is 370 g/mol. The van der Waals surface area contributed by atoms with Crippen LogP contribution < -0.4 is 4.74 Å². The number of carbonyl (C=O) groups is 1. The van der Waals surface area contributed by atoms with E-state index < -0.39 is 18.6 Å². The Balaban J connectivity index is 2.19. The van der Waals surface area contributed by atoms with Crippen molar-refractivity contribution in [1.82, 2.24) is 0 Å². The number of halogens is 3. The van der Waals surface area contributed by atoms with Crippen LogP contribution in [0.15, 0.2) is 47.4 Å². The van der Waals surface area contributed by atoms with E-state index in [2.05, 4.69) is 0 Å². The van der Waals surface area contributed by atoms with Gasteiger partial charge in [0.05, 0.1) is 12.2 Å². The van der Waals surface area contributed by atoms with Crippen LogP contribution in [0.25, 0.3) is 11.1 Å². The number of hydrogen-bond acceptors (Lipinski definition) is 3. The van der Waals surface area contributed by atoms with Crippen molar-refractivity contribution in [2.24, 2.45) is 0 Å². The molecular formula is C18H17F3O3S. The summed E-state index contributed by atoms with van der Waals surface area (Å²) >= 11 is 1.57. The number of carboxylic acid groups (broad SMARTS) is 1. The first-order valence-electron chi connectivity index (χ1n) is 7.51. The first kappa shape index (κ1) is 19.2. The van der Waals surface area contributed by atoms with Crippen LogP contribution in [0.5, 0.6) is 5.75 Å². The number of alkyl halides is 3. The zero-order chi connectivity index (χ0) is 18.4. The molecule has 1 N–H and O–H groups in total. The Morgan fingerprint density at radius 1 is 1.16 bits per heavy atom. The Bertz CT molecular complexity index is 727. The number of hydrogen-bond donors (Lipinski definition) is 1. The quantitative estimate of drug-likeness (QED) is 0.517. The number of rotatable bonds is 7. The standard InChI is InChI=1S/C18H17F3O3S/c1-25-14-6-3-12(4-7-14)16-11-13(5-8-15(16)17(22)23)24-10-2-9-18(19,20)21/h3-8,11H,2,9-10H2,1H3,(H,22,23). The summed E-state index contributed by atoms with van der Waals surface area (Å²) in [6, 6.07) is 11.8. The molecule has 3 nitrogen and oxygen atoms in total. The first-order chi connectivity index (χ1) is 11.8. The topological polar surface area (TPSA) is 46.5 Å². The molecular weight excluding hydrogens is 353 g/mol. The van der Waals surface area contributed by atoms with Crippen molar-refractivity contribution in [3.63, 3.8) is 0 Å². The van der Waals surface area contributed by atoms with Crippen molar-refractivity contribution in [2.45, 2.75) is 23.9 Å². The van der Waals surface area contributed by atoms with Gasteiger partial charge >= 0.3 is 12.1 Å². The van der Waals surface area contributed by atoms with E-state index in [-0.39, 0.29) is 18.6 Å². The number of benzene rings is 2. The van der Waals surface area contributed by atoms with Gasteiger partial charge in [0.15, 0.2) is 0 Å². The number of ether oxygens (including phenoxy) is 1. The number of aromatic carboxylic acids is 1. The lowest BCUT2D eigenvalue weighted by molar-refractivity contribution is -0.136. The lowest BCUT2D eigenvalue weighted by atomic mass is 9.99. The molecule has 0 fully saturated rings. The maximum Gasteiger partial charge on any atom is 0.389 e. The minimum Gasteiger partial charge on any atom is -0.494 e. The fraction of sp³-hybridized carbons (Fsp3) is 0.278. The fourth-order valence-corrected chi connectivity index (χ4v) is 2.68. The van der Waals surface area contributed by atoms with Crippen molar-refractivity contribution in [3.05, 3.63) is 48.0 Å². The van der Waals surface area contributed by atoms with Gasteiger partial charge in [0.1, 0.15) is 5.75 Å². The van der Waals surface area contributed by atoms with Crippen molar-refractivity contribution in [3.8, 4) is 16.9 Å². The highest BCUT2D eigenvalue weighted by atomic mass is 32.2. The Labute approximate surface area is 147 Å². The van der Waals surface area contributed by atoms with Crippen LogP contribution in [0, 0.1) is 0 Å². The third-order valence-corrected chi connectivity index (χ3v) is 4.24. The molecule has 134 valence electrons. The van der Waals surface area contributed by atoms with E-state index in [4.69, 9.17) is 4.74 Å². The minimum absolute atomic E-state index is 0.0865. The number of carboxylic acids is 1. The van der Waals surface area contributed by atoms with Crippen molar-refractivity contribution in [2.75, 3.05) is 12.9 Å². The van der Waals surface area contributed by atoms with Crippen LogP contribution in [-0.4, -0.2) is 30.1 Å². The summed E-state index contributed by atoms with van der Waals surface area (Å²) in [7, 11) is 0. The lowest BCUT2D eigenvalue weighted by Crippen LogP contribution is -2.10. The van der Waals surface area contributed by atoms with E-state index >= 15 is 0 Å². The van der Waals surface area contributed by atoms with Gasteiger partial charge in [-0.25, -0.2) is 4.79 Å². The molecule has 0 atom stereocenters. The Morgan fingerprint density at radius 3 is 2.40 bits per heavy atom. The largest absolute Gasteiger partial charge is 0.494 e. The highest BCUT2D eigenvalue weighted by Gasteiger charge is 2.26. The predicted molar refractivity (Wildman–Crippen MR) is 91.4 cm³/mol. The number of thioether (sulfide) groups is 1. The molecule has 0 heterocycles. The highest BCUT2D eigenvalue weighted by molar-refractivity contribution is 7.98. The molecule has 0 radical (unpaired) electrons. The molecule has 25 heavy (non-hydrogen) atoms. The zero-order valence-electron chi connectivity index (χ0n) is 13.5. The Kier molecular flexibility index (Phi) is 6.36. The average molecular weight is 370 g/mol. The summed E-state index contributed by atoms with van der Waals surface area (Å²) in [5, 5.41) is 9.35. The second kappa shape index (κ2) is 8.29. The van der Waals surface area contributed by atoms with Gasteiger partial charge in [0.25, 0.3) is 0 Å². The van der Waals surface area contributed by atoms with E-state index in [0.29, 0.717) is 16.9 Å². The van der Waals surface area contributed by atoms with Gasteiger partial charge in [-0.1, -0.05) is 12.1 Å². The molecule has 0 aliphatic rings. The smallest absolute Gasteiger partial charge is 0.389 e. The lowest BCUT2D eigenvalue weighted by Gasteiger charge is -2.12. The molecule has 0 bridgehead atoms. The van der Waals surface area contributed by atoms with Gasteiger partial charge in [-0.15, -0.1) is 11.8 Å². The predicted octanol–water partition coefficient (Wildman–Crippen LogP) is 5.50. The van der Waals surface area contributed by atoms with Crippen molar-refractivity contribution in [1.29, 1.82) is 0 Å². The van der Waals surface area contributed by atoms with Crippen molar-refractivity contribution >= 4 is 17.7 Å². The molecule has 0 amide bonds. The molecule has 0 aliphatic carbocycles. The molecule has 0 unspecified atom stereocenters. The third kappa shape index (κ3) is 5.70. The van der Waals surface area contributed by atoms with Crippen LogP contribution in [0.1, 0.15) is 23.2 Å². The average Bonchev–Trinajstić information content (AvgIpc) is 2.57. The summed E-state index contributed by atoms with van der Waals surface area (Å²) in [4.78, 5) is 12.5. The molecule has 0 spiro atoms. The van der Waals surface area contributed by atoms with E-state index in [9.17, 15) is 23.1 Å². The maximum absolute atomic E-state index is 12.1. The first-order valence-corrected chi connectivity index (χ1v) is 8.74. The second-order valence-electron chi connectivity index (χ2n) is 5.31. The summed E-state index contributed by atoms with van der Waals surface area (Å²) in [5.74, 6) is -0.733. The van der Waals surface area contributed by atoms with Crippen LogP contribution in [0.2, 0.25) is 0 Å². The van der Waals surface area contributed by atoms with E-state index in [1.54, 1.807) is 30.0 Å². The molecule has 0 saturated carbocycles. The second-order valence-corrected chi connectivity index (χ2v) is 6.19. The van der Waals surface area contributed by atoms with Crippen LogP contribution in [0.4, 0.5) is 13.2 Å². The summed E-state index contributed by atoms with van der Waals surface area (Å²) in [6.45, 7) is -0.0865. The Morgan fingerprint density at radius 2 is 1.84 bits per heavy atom. The minimum atomic E-state index is -4.21. The SMILES string of the molecule is CSc1ccc(-c2cc(OCCCC(F)(F)F)ccc2C(=O)O)cc1. The van der Waals surface area contributed by atoms with Crippen molar-refractivity contribution < 1.29 is 27.8 Å². The molecule has 2 rings (SSSR count). The summed E-state index contributed by atoms with van der Waals surface area (Å²) in [5.41, 5.74) is 1.28.